The second kappa shape index (κ2) is 6.08. The zero-order valence-corrected chi connectivity index (χ0v) is 9.79. The fourth-order valence-electron chi connectivity index (χ4n) is 1.39. The molecule has 0 aliphatic heterocycles. The van der Waals surface area contributed by atoms with Crippen molar-refractivity contribution in [1.29, 1.82) is 0 Å². The fraction of sp³-hybridized carbons (Fsp3) is 0.364. The Morgan fingerprint density at radius 1 is 1.56 bits per heavy atom. The Kier molecular flexibility index (Phi) is 4.75. The predicted molar refractivity (Wildman–Crippen MR) is 63.3 cm³/mol. The first kappa shape index (κ1) is 14.1. The van der Waals surface area contributed by atoms with E-state index in [-0.39, 0.29) is 12.2 Å². The summed E-state index contributed by atoms with van der Waals surface area (Å²) in [6, 6.07) is 3.90. The van der Waals surface area contributed by atoms with E-state index in [0.29, 0.717) is 11.1 Å². The molecule has 1 aromatic rings. The highest BCUT2D eigenvalue weighted by Crippen LogP contribution is 2.16. The average molecular weight is 254 g/mol. The Morgan fingerprint density at radius 2 is 2.22 bits per heavy atom. The number of hydrogen-bond acceptors (Lipinski definition) is 5. The lowest BCUT2D eigenvalue weighted by Gasteiger charge is -2.10. The minimum Gasteiger partial charge on any atom is -0.394 e. The molecule has 0 saturated carbocycles. The van der Waals surface area contributed by atoms with E-state index in [2.05, 4.69) is 5.32 Å². The van der Waals surface area contributed by atoms with Crippen LogP contribution in [0.15, 0.2) is 18.2 Å². The number of aryl methyl sites for hydroxylation is 1. The second-order valence-electron chi connectivity index (χ2n) is 3.80. The highest BCUT2D eigenvalue weighted by Gasteiger charge is 2.14. The number of aliphatic hydroxyl groups excluding tert-OH is 2. The Hall–Kier alpha value is -1.99. The number of non-ortho nitro benzene ring substituents is 1. The topological polar surface area (TPSA) is 113 Å². The molecule has 0 saturated heterocycles. The minimum atomic E-state index is -1.02. The zero-order chi connectivity index (χ0) is 13.7. The molecule has 98 valence electrons. The zero-order valence-electron chi connectivity index (χ0n) is 9.79. The third-order valence-electron chi connectivity index (χ3n) is 2.37. The van der Waals surface area contributed by atoms with Gasteiger partial charge in [0.1, 0.15) is 0 Å². The summed E-state index contributed by atoms with van der Waals surface area (Å²) >= 11 is 0. The van der Waals surface area contributed by atoms with E-state index in [4.69, 9.17) is 10.2 Å². The van der Waals surface area contributed by atoms with Crippen LogP contribution in [0.5, 0.6) is 0 Å². The van der Waals surface area contributed by atoms with E-state index in [1.54, 1.807) is 6.92 Å². The van der Waals surface area contributed by atoms with Crippen LogP contribution in [0, 0.1) is 17.0 Å². The van der Waals surface area contributed by atoms with E-state index in [1.165, 1.54) is 18.2 Å². The van der Waals surface area contributed by atoms with Crippen molar-refractivity contribution >= 4 is 11.6 Å². The molecule has 7 heteroatoms. The molecule has 18 heavy (non-hydrogen) atoms. The van der Waals surface area contributed by atoms with Gasteiger partial charge in [-0.05, 0) is 18.6 Å². The Balaban J connectivity index is 2.78. The second-order valence-corrected chi connectivity index (χ2v) is 3.80. The molecular formula is C11H14N2O5. The number of nitrogens with one attached hydrogen (secondary N) is 1. The van der Waals surface area contributed by atoms with Gasteiger partial charge in [0.05, 0.1) is 17.6 Å². The molecule has 0 heterocycles. The van der Waals surface area contributed by atoms with Crippen molar-refractivity contribution in [3.63, 3.8) is 0 Å². The van der Waals surface area contributed by atoms with Gasteiger partial charge in [0.2, 0.25) is 0 Å². The van der Waals surface area contributed by atoms with E-state index < -0.39 is 23.5 Å². The summed E-state index contributed by atoms with van der Waals surface area (Å²) in [7, 11) is 0. The number of aliphatic hydroxyl groups is 2. The molecule has 1 rings (SSSR count). The molecule has 0 aliphatic rings. The Labute approximate surface area is 103 Å². The third kappa shape index (κ3) is 3.51. The number of amides is 1. The molecule has 0 aromatic heterocycles. The molecule has 3 N–H and O–H groups in total. The maximum atomic E-state index is 11.7. The van der Waals surface area contributed by atoms with Crippen molar-refractivity contribution in [3.05, 3.63) is 39.4 Å². The van der Waals surface area contributed by atoms with Crippen LogP contribution in [-0.4, -0.2) is 40.3 Å². The van der Waals surface area contributed by atoms with Crippen molar-refractivity contribution in [2.24, 2.45) is 0 Å². The number of carbonyl (C=O) groups excluding carboxylic acids is 1. The summed E-state index contributed by atoms with van der Waals surface area (Å²) in [4.78, 5) is 21.7. The summed E-state index contributed by atoms with van der Waals surface area (Å²) in [5, 5.41) is 30.6. The van der Waals surface area contributed by atoms with Gasteiger partial charge in [-0.2, -0.15) is 0 Å². The van der Waals surface area contributed by atoms with Crippen LogP contribution in [0.2, 0.25) is 0 Å². The standard InChI is InChI=1S/C11H14N2O5/c1-7-4-8(13(17)18)2-3-10(7)11(16)12-5-9(15)6-14/h2-4,9,14-15H,5-6H2,1H3,(H,12,16). The van der Waals surface area contributed by atoms with E-state index in [0.717, 1.165) is 0 Å². The van der Waals surface area contributed by atoms with Crippen LogP contribution in [0.4, 0.5) is 5.69 Å². The summed E-state index contributed by atoms with van der Waals surface area (Å²) in [6.45, 7) is 1.07. The fourth-order valence-corrected chi connectivity index (χ4v) is 1.39. The third-order valence-corrected chi connectivity index (χ3v) is 2.37. The molecule has 7 nitrogen and oxygen atoms in total. The monoisotopic (exact) mass is 254 g/mol. The van der Waals surface area contributed by atoms with E-state index in [9.17, 15) is 14.9 Å². The van der Waals surface area contributed by atoms with Gasteiger partial charge in [-0.25, -0.2) is 0 Å². The molecule has 0 spiro atoms. The van der Waals surface area contributed by atoms with Crippen molar-refractivity contribution in [2.75, 3.05) is 13.2 Å². The Morgan fingerprint density at radius 3 is 2.72 bits per heavy atom. The molecule has 1 unspecified atom stereocenters. The molecular weight excluding hydrogens is 240 g/mol. The van der Waals surface area contributed by atoms with Crippen molar-refractivity contribution in [3.8, 4) is 0 Å². The number of nitrogens with zero attached hydrogens (tertiary/aromatic N) is 1. The van der Waals surface area contributed by atoms with Gasteiger partial charge in [-0.15, -0.1) is 0 Å². The summed E-state index contributed by atoms with van der Waals surface area (Å²) in [5.74, 6) is -0.449. The first-order valence-corrected chi connectivity index (χ1v) is 5.28. The highest BCUT2D eigenvalue weighted by molar-refractivity contribution is 5.95. The van der Waals surface area contributed by atoms with Crippen molar-refractivity contribution in [1.82, 2.24) is 5.32 Å². The quantitative estimate of drug-likeness (QED) is 0.505. The molecule has 0 bridgehead atoms. The summed E-state index contributed by atoms with van der Waals surface area (Å²) in [5.41, 5.74) is 0.686. The molecule has 1 amide bonds. The SMILES string of the molecule is Cc1cc([N+](=O)[O-])ccc1C(=O)NCC(O)CO. The van der Waals surface area contributed by atoms with Crippen molar-refractivity contribution in [2.45, 2.75) is 13.0 Å². The Bertz CT molecular complexity index is 461. The van der Waals surface area contributed by atoms with Crippen LogP contribution in [-0.2, 0) is 0 Å². The normalized spacial score (nSPS) is 11.9. The first-order chi connectivity index (χ1) is 8.45. The molecule has 0 radical (unpaired) electrons. The van der Waals surface area contributed by atoms with Gasteiger partial charge < -0.3 is 15.5 Å². The summed E-state index contributed by atoms with van der Waals surface area (Å²) in [6.07, 6.45) is -1.02. The highest BCUT2D eigenvalue weighted by atomic mass is 16.6. The first-order valence-electron chi connectivity index (χ1n) is 5.28. The average Bonchev–Trinajstić information content (AvgIpc) is 2.35. The van der Waals surface area contributed by atoms with Gasteiger partial charge in [0, 0.05) is 24.2 Å². The van der Waals surface area contributed by atoms with Gasteiger partial charge in [-0.3, -0.25) is 14.9 Å². The van der Waals surface area contributed by atoms with Crippen LogP contribution < -0.4 is 5.32 Å². The number of rotatable bonds is 5. The van der Waals surface area contributed by atoms with E-state index >= 15 is 0 Å². The van der Waals surface area contributed by atoms with Gasteiger partial charge >= 0.3 is 0 Å². The van der Waals surface area contributed by atoms with Gasteiger partial charge in [0.25, 0.3) is 11.6 Å². The smallest absolute Gasteiger partial charge is 0.269 e. The molecule has 0 aliphatic carbocycles. The number of benzene rings is 1. The number of nitro benzene ring substituents is 1. The predicted octanol–water partition coefficient (Wildman–Crippen LogP) is -0.0138. The molecule has 0 fully saturated rings. The molecule has 1 aromatic carbocycles. The van der Waals surface area contributed by atoms with E-state index in [1.807, 2.05) is 0 Å². The van der Waals surface area contributed by atoms with Crippen molar-refractivity contribution < 1.29 is 19.9 Å². The van der Waals surface area contributed by atoms with Crippen LogP contribution in [0.25, 0.3) is 0 Å². The number of nitro groups is 1. The van der Waals surface area contributed by atoms with Crippen LogP contribution in [0.3, 0.4) is 0 Å². The lowest BCUT2D eigenvalue weighted by Crippen LogP contribution is -2.34. The maximum absolute atomic E-state index is 11.7. The van der Waals surface area contributed by atoms with Crippen LogP contribution in [0.1, 0.15) is 15.9 Å². The summed E-state index contributed by atoms with van der Waals surface area (Å²) < 4.78 is 0. The molecule has 1 atom stereocenters. The van der Waals surface area contributed by atoms with Gasteiger partial charge in [0.15, 0.2) is 0 Å². The lowest BCUT2D eigenvalue weighted by molar-refractivity contribution is -0.384. The van der Waals surface area contributed by atoms with Crippen LogP contribution >= 0.6 is 0 Å². The lowest BCUT2D eigenvalue weighted by atomic mass is 10.1. The number of hydrogen-bond donors (Lipinski definition) is 3. The largest absolute Gasteiger partial charge is 0.394 e. The number of carbonyl (C=O) groups is 1. The maximum Gasteiger partial charge on any atom is 0.269 e. The van der Waals surface area contributed by atoms with Gasteiger partial charge in [-0.1, -0.05) is 0 Å². The minimum absolute atomic E-state index is 0.0776.